The summed E-state index contributed by atoms with van der Waals surface area (Å²) in [6.45, 7) is 1.97. The summed E-state index contributed by atoms with van der Waals surface area (Å²) >= 11 is 0. The minimum atomic E-state index is -0.562. The molecule has 0 aliphatic carbocycles. The molecule has 0 atom stereocenters. The van der Waals surface area contributed by atoms with E-state index in [4.69, 9.17) is 4.42 Å². The first-order chi connectivity index (χ1) is 17.5. The quantitative estimate of drug-likeness (QED) is 0.204. The van der Waals surface area contributed by atoms with Crippen LogP contribution in [0.2, 0.25) is 0 Å². The van der Waals surface area contributed by atoms with Crippen LogP contribution in [0.1, 0.15) is 11.1 Å². The van der Waals surface area contributed by atoms with E-state index in [2.05, 4.69) is 47.5 Å². The van der Waals surface area contributed by atoms with E-state index in [1.54, 1.807) is 4.57 Å². The second-order valence-corrected chi connectivity index (χ2v) is 8.86. The highest BCUT2D eigenvalue weighted by atomic mass is 19.1. The van der Waals surface area contributed by atoms with Gasteiger partial charge < -0.3 is 4.42 Å². The Balaban J connectivity index is 1.61. The van der Waals surface area contributed by atoms with E-state index in [0.717, 1.165) is 44.2 Å². The Bertz CT molecular complexity index is 1810. The monoisotopic (exact) mass is 470 g/mol. The third-order valence-electron chi connectivity index (χ3n) is 6.67. The minimum Gasteiger partial charge on any atom is -0.455 e. The largest absolute Gasteiger partial charge is 0.455 e. The predicted molar refractivity (Wildman–Crippen MR) is 138 cm³/mol. The zero-order valence-corrected chi connectivity index (χ0v) is 19.8. The molecule has 4 aromatic carbocycles. The van der Waals surface area contributed by atoms with Gasteiger partial charge in [-0.2, -0.15) is 9.65 Å². The lowest BCUT2D eigenvalue weighted by atomic mass is 9.95. The predicted octanol–water partition coefficient (Wildman–Crippen LogP) is 7.13. The molecular weight excluding hydrogens is 449 g/mol. The molecule has 6 rings (SSSR count). The average Bonchev–Trinajstić information content (AvgIpc) is 3.30. The Kier molecular flexibility index (Phi) is 5.09. The molecule has 0 fully saturated rings. The zero-order chi connectivity index (χ0) is 24.8. The van der Waals surface area contributed by atoms with Gasteiger partial charge in [-0.1, -0.05) is 66.7 Å². The number of fused-ring (bicyclic) bond motifs is 3. The first-order valence-corrected chi connectivity index (χ1v) is 11.6. The molecule has 0 saturated carbocycles. The van der Waals surface area contributed by atoms with Gasteiger partial charge >= 0.3 is 5.95 Å². The number of aryl methyl sites for hydroxylation is 2. The summed E-state index contributed by atoms with van der Waals surface area (Å²) < 4.78 is 22.5. The van der Waals surface area contributed by atoms with Gasteiger partial charge in [0.2, 0.25) is 0 Å². The molecule has 2 heterocycles. The molecule has 4 nitrogen and oxygen atoms in total. The van der Waals surface area contributed by atoms with Gasteiger partial charge in [0.25, 0.3) is 6.33 Å². The highest BCUT2D eigenvalue weighted by Gasteiger charge is 2.23. The number of nitrogens with zero attached hydrogens (tertiary/aromatic N) is 3. The van der Waals surface area contributed by atoms with Crippen LogP contribution >= 0.6 is 0 Å². The molecule has 0 N–H and O–H groups in total. The Morgan fingerprint density at radius 1 is 0.861 bits per heavy atom. The summed E-state index contributed by atoms with van der Waals surface area (Å²) in [6, 6.07) is 30.0. The summed E-state index contributed by atoms with van der Waals surface area (Å²) in [5.41, 5.74) is 8.32. The van der Waals surface area contributed by atoms with E-state index in [-0.39, 0.29) is 0 Å². The molecule has 0 radical (unpaired) electrons. The minimum absolute atomic E-state index is 0.536. The van der Waals surface area contributed by atoms with Crippen molar-refractivity contribution in [3.8, 4) is 39.6 Å². The molecule has 0 saturated heterocycles. The number of furan rings is 1. The molecule has 0 spiro atoms. The van der Waals surface area contributed by atoms with E-state index in [1.165, 1.54) is 12.4 Å². The molecule has 36 heavy (non-hydrogen) atoms. The van der Waals surface area contributed by atoms with E-state index in [9.17, 15) is 9.65 Å². The fourth-order valence-corrected chi connectivity index (χ4v) is 4.86. The van der Waals surface area contributed by atoms with E-state index in [1.807, 2.05) is 56.4 Å². The fraction of sp³-hybridized carbons (Fsp3) is 0.0645. The van der Waals surface area contributed by atoms with Crippen molar-refractivity contribution < 1.29 is 13.4 Å². The van der Waals surface area contributed by atoms with Gasteiger partial charge in [-0.15, -0.1) is 0 Å². The van der Waals surface area contributed by atoms with Gasteiger partial charge in [0.05, 0.1) is 30.3 Å². The highest BCUT2D eigenvalue weighted by molar-refractivity contribution is 6.15. The van der Waals surface area contributed by atoms with Crippen molar-refractivity contribution in [2.75, 3.05) is 0 Å². The highest BCUT2D eigenvalue weighted by Crippen LogP contribution is 2.42. The number of rotatable bonds is 3. The Labute approximate surface area is 207 Å². The molecule has 0 amide bonds. The van der Waals surface area contributed by atoms with Crippen LogP contribution in [-0.2, 0) is 7.05 Å². The molecule has 172 valence electrons. The van der Waals surface area contributed by atoms with Crippen LogP contribution in [0.5, 0.6) is 0 Å². The van der Waals surface area contributed by atoms with Crippen molar-refractivity contribution in [3.05, 3.63) is 108 Å². The summed E-state index contributed by atoms with van der Waals surface area (Å²) in [4.78, 5) is 3.75. The summed E-state index contributed by atoms with van der Waals surface area (Å²) in [5.74, 6) is -0.562. The first-order valence-electron chi connectivity index (χ1n) is 11.6. The molecule has 0 aliphatic rings. The molecule has 5 heteroatoms. The van der Waals surface area contributed by atoms with Crippen molar-refractivity contribution in [2.45, 2.75) is 6.92 Å². The maximum absolute atomic E-state index is 14.1. The van der Waals surface area contributed by atoms with Crippen LogP contribution in [0.3, 0.4) is 0 Å². The number of benzene rings is 4. The van der Waals surface area contributed by atoms with Crippen molar-refractivity contribution >= 4 is 21.9 Å². The SMILES string of the molecule is Cc1ccc2c(oc3c(-c4ccc(-c5ccccc5)cc4)ccc(C#N)c32)c1-c1cc(F)nc[n+]1C. The van der Waals surface area contributed by atoms with Crippen LogP contribution < -0.4 is 4.57 Å². The second-order valence-electron chi connectivity index (χ2n) is 8.86. The summed E-state index contributed by atoms with van der Waals surface area (Å²) in [6.07, 6.45) is 1.45. The standard InChI is InChI=1S/C31H21FN3O/c1-19-8-14-25-29-23(17-33)13-15-24(22-11-9-21(10-12-22)20-6-4-3-5-7-20)30(29)36-31(25)28(19)26-16-27(32)34-18-35(26)2/h3-16,18H,1-2H3/q+1. The molecular formula is C31H21FN3O+. The van der Waals surface area contributed by atoms with Crippen LogP contribution in [0, 0.1) is 24.2 Å². The summed E-state index contributed by atoms with van der Waals surface area (Å²) in [5, 5.41) is 11.5. The maximum atomic E-state index is 14.1. The Morgan fingerprint density at radius 3 is 2.33 bits per heavy atom. The van der Waals surface area contributed by atoms with Gasteiger partial charge in [-0.05, 0) is 46.3 Å². The van der Waals surface area contributed by atoms with Gasteiger partial charge in [-0.3, -0.25) is 0 Å². The van der Waals surface area contributed by atoms with E-state index < -0.39 is 5.95 Å². The fourth-order valence-electron chi connectivity index (χ4n) is 4.86. The van der Waals surface area contributed by atoms with Gasteiger partial charge in [0.15, 0.2) is 0 Å². The van der Waals surface area contributed by atoms with E-state index in [0.29, 0.717) is 22.4 Å². The molecule has 0 bridgehead atoms. The van der Waals surface area contributed by atoms with Crippen molar-refractivity contribution in [3.63, 3.8) is 0 Å². The van der Waals surface area contributed by atoms with Crippen LogP contribution in [0.25, 0.3) is 55.4 Å². The normalized spacial score (nSPS) is 11.2. The smallest absolute Gasteiger partial charge is 0.325 e. The van der Waals surface area contributed by atoms with Gasteiger partial charge in [0, 0.05) is 16.3 Å². The third-order valence-corrected chi connectivity index (χ3v) is 6.67. The lowest BCUT2D eigenvalue weighted by Crippen LogP contribution is -2.32. The van der Waals surface area contributed by atoms with Gasteiger partial charge in [-0.25, -0.2) is 4.57 Å². The maximum Gasteiger partial charge on any atom is 0.325 e. The molecule has 6 aromatic rings. The molecule has 0 aliphatic heterocycles. The van der Waals surface area contributed by atoms with Crippen molar-refractivity contribution in [1.82, 2.24) is 4.98 Å². The Hall–Kier alpha value is -4.82. The lowest BCUT2D eigenvalue weighted by molar-refractivity contribution is -0.663. The average molecular weight is 471 g/mol. The second kappa shape index (κ2) is 8.44. The zero-order valence-electron chi connectivity index (χ0n) is 19.8. The van der Waals surface area contributed by atoms with Crippen LogP contribution in [0.15, 0.2) is 95.7 Å². The third kappa shape index (κ3) is 3.43. The Morgan fingerprint density at radius 2 is 1.58 bits per heavy atom. The number of aromatic nitrogens is 2. The van der Waals surface area contributed by atoms with Gasteiger partial charge in [0.1, 0.15) is 16.9 Å². The number of nitriles is 1. The van der Waals surface area contributed by atoms with Crippen molar-refractivity contribution in [2.24, 2.45) is 7.05 Å². The van der Waals surface area contributed by atoms with Crippen molar-refractivity contribution in [1.29, 1.82) is 5.26 Å². The van der Waals surface area contributed by atoms with Crippen LogP contribution in [0.4, 0.5) is 4.39 Å². The molecule has 2 aromatic heterocycles. The number of hydrogen-bond acceptors (Lipinski definition) is 3. The van der Waals surface area contributed by atoms with E-state index >= 15 is 0 Å². The lowest BCUT2D eigenvalue weighted by Gasteiger charge is -2.06. The van der Waals surface area contributed by atoms with Crippen LogP contribution in [-0.4, -0.2) is 4.98 Å². The first kappa shape index (κ1) is 21.7. The number of hydrogen-bond donors (Lipinski definition) is 0. The molecule has 0 unspecified atom stereocenters. The summed E-state index contributed by atoms with van der Waals surface area (Å²) in [7, 11) is 1.82. The topological polar surface area (TPSA) is 53.7 Å². The number of halogens is 1.